The number of hydrogen-bond donors (Lipinski definition) is 2. The highest BCUT2D eigenvalue weighted by atomic mass is 79.9. The van der Waals surface area contributed by atoms with Gasteiger partial charge in [-0.25, -0.2) is 0 Å². The second-order valence-electron chi connectivity index (χ2n) is 4.53. The maximum absolute atomic E-state index is 12.4. The zero-order valence-corrected chi connectivity index (χ0v) is 15.1. The average Bonchev–Trinajstić information content (AvgIpc) is 2.36. The molecule has 0 aromatic heterocycles. The van der Waals surface area contributed by atoms with Gasteiger partial charge < -0.3 is 5.32 Å². The average molecular weight is 415 g/mol. The molecule has 2 rings (SSSR count). The van der Waals surface area contributed by atoms with Gasteiger partial charge in [0.15, 0.2) is 0 Å². The van der Waals surface area contributed by atoms with Crippen molar-refractivity contribution in [2.75, 3.05) is 5.32 Å². The van der Waals surface area contributed by atoms with Gasteiger partial charge >= 0.3 is 0 Å². The van der Waals surface area contributed by atoms with Crippen LogP contribution in [0.5, 0.6) is 0 Å². The van der Waals surface area contributed by atoms with Crippen molar-refractivity contribution in [3.8, 4) is 0 Å². The summed E-state index contributed by atoms with van der Waals surface area (Å²) in [5.41, 5.74) is 3.45. The van der Waals surface area contributed by atoms with Crippen LogP contribution in [0.2, 0.25) is 0 Å². The van der Waals surface area contributed by atoms with Crippen LogP contribution >= 0.6 is 44.5 Å². The first kappa shape index (κ1) is 15.6. The van der Waals surface area contributed by atoms with Crippen molar-refractivity contribution in [1.29, 1.82) is 0 Å². The van der Waals surface area contributed by atoms with Crippen LogP contribution in [-0.2, 0) is 0 Å². The molecule has 0 atom stereocenters. The molecule has 0 aliphatic carbocycles. The number of hydrogen-bond acceptors (Lipinski definition) is 2. The van der Waals surface area contributed by atoms with E-state index in [-0.39, 0.29) is 5.91 Å². The Kier molecular flexibility index (Phi) is 4.94. The monoisotopic (exact) mass is 413 g/mol. The van der Waals surface area contributed by atoms with Crippen LogP contribution in [-0.4, -0.2) is 5.91 Å². The van der Waals surface area contributed by atoms with Crippen molar-refractivity contribution in [3.05, 3.63) is 56.0 Å². The van der Waals surface area contributed by atoms with E-state index in [0.717, 1.165) is 30.7 Å². The molecule has 0 bridgehead atoms. The molecule has 0 aliphatic heterocycles. The van der Waals surface area contributed by atoms with Gasteiger partial charge in [0, 0.05) is 19.5 Å². The highest BCUT2D eigenvalue weighted by molar-refractivity contribution is 9.10. The summed E-state index contributed by atoms with van der Waals surface area (Å²) in [6.45, 7) is 3.94. The molecule has 0 fully saturated rings. The van der Waals surface area contributed by atoms with E-state index in [2.05, 4.69) is 49.8 Å². The summed E-state index contributed by atoms with van der Waals surface area (Å²) < 4.78 is 1.75. The molecule has 0 aliphatic rings. The normalized spacial score (nSPS) is 10.4. The van der Waals surface area contributed by atoms with Crippen molar-refractivity contribution in [2.24, 2.45) is 0 Å². The topological polar surface area (TPSA) is 29.1 Å². The Morgan fingerprint density at radius 1 is 1.10 bits per heavy atom. The van der Waals surface area contributed by atoms with Gasteiger partial charge in [-0.05, 0) is 71.2 Å². The van der Waals surface area contributed by atoms with E-state index in [9.17, 15) is 4.79 Å². The third kappa shape index (κ3) is 3.45. The number of carbonyl (C=O) groups is 1. The summed E-state index contributed by atoms with van der Waals surface area (Å²) in [6.07, 6.45) is 0. The van der Waals surface area contributed by atoms with Gasteiger partial charge in [-0.15, -0.1) is 12.6 Å². The number of carbonyl (C=O) groups excluding carboxylic acids is 1. The van der Waals surface area contributed by atoms with Gasteiger partial charge in [0.25, 0.3) is 5.91 Å². The number of nitrogens with one attached hydrogen (secondary N) is 1. The number of amides is 1. The molecule has 0 saturated heterocycles. The van der Waals surface area contributed by atoms with Crippen molar-refractivity contribution in [1.82, 2.24) is 0 Å². The maximum atomic E-state index is 12.4. The number of anilines is 1. The summed E-state index contributed by atoms with van der Waals surface area (Å²) >= 11 is 11.1. The molecule has 0 unspecified atom stereocenters. The lowest BCUT2D eigenvalue weighted by molar-refractivity contribution is 0.102. The Morgan fingerprint density at radius 3 is 2.30 bits per heavy atom. The van der Waals surface area contributed by atoms with Gasteiger partial charge in [-0.1, -0.05) is 15.9 Å². The van der Waals surface area contributed by atoms with E-state index < -0.39 is 0 Å². The van der Waals surface area contributed by atoms with Gasteiger partial charge in [-0.2, -0.15) is 0 Å². The molecule has 20 heavy (non-hydrogen) atoms. The predicted octanol–water partition coefficient (Wildman–Crippen LogP) is 5.37. The first-order chi connectivity index (χ1) is 9.38. The fraction of sp³-hybridized carbons (Fsp3) is 0.133. The molecule has 0 saturated carbocycles. The molecule has 1 N–H and O–H groups in total. The molecule has 0 heterocycles. The lowest BCUT2D eigenvalue weighted by Crippen LogP contribution is -2.14. The van der Waals surface area contributed by atoms with Crippen LogP contribution in [0.15, 0.2) is 44.2 Å². The number of halogens is 2. The number of rotatable bonds is 2. The molecule has 5 heteroatoms. The third-order valence-electron chi connectivity index (χ3n) is 2.93. The molecule has 0 radical (unpaired) electrons. The van der Waals surface area contributed by atoms with Crippen LogP contribution in [0.25, 0.3) is 0 Å². The molecule has 1 amide bonds. The van der Waals surface area contributed by atoms with Crippen LogP contribution in [0.4, 0.5) is 5.69 Å². The largest absolute Gasteiger partial charge is 0.321 e. The quantitative estimate of drug-likeness (QED) is 0.635. The zero-order valence-electron chi connectivity index (χ0n) is 11.0. The summed E-state index contributed by atoms with van der Waals surface area (Å²) in [4.78, 5) is 13.1. The number of benzene rings is 2. The van der Waals surface area contributed by atoms with E-state index in [4.69, 9.17) is 0 Å². The summed E-state index contributed by atoms with van der Waals surface area (Å²) in [7, 11) is 0. The minimum absolute atomic E-state index is 0.152. The first-order valence-corrected chi connectivity index (χ1v) is 7.98. The van der Waals surface area contributed by atoms with Crippen molar-refractivity contribution in [2.45, 2.75) is 18.7 Å². The second kappa shape index (κ2) is 6.33. The summed E-state index contributed by atoms with van der Waals surface area (Å²) in [5, 5.41) is 2.97. The minimum Gasteiger partial charge on any atom is -0.321 e. The Hall–Kier alpha value is -0.780. The highest BCUT2D eigenvalue weighted by Crippen LogP contribution is 2.27. The standard InChI is InChI=1S/C15H13Br2NOS/c1-8-5-10(16)6-9(2)14(8)18-15(19)12-7-11(20)3-4-13(12)17/h3-7,20H,1-2H3,(H,18,19). The van der Waals surface area contributed by atoms with Crippen LogP contribution in [0.3, 0.4) is 0 Å². The number of thiol groups is 1. The Bertz CT molecular complexity index is 663. The molecular weight excluding hydrogens is 402 g/mol. The predicted molar refractivity (Wildman–Crippen MR) is 93.0 cm³/mol. The second-order valence-corrected chi connectivity index (χ2v) is 6.82. The molecule has 2 aromatic carbocycles. The number of aryl methyl sites for hydroxylation is 2. The molecule has 2 nitrogen and oxygen atoms in total. The highest BCUT2D eigenvalue weighted by Gasteiger charge is 2.13. The maximum Gasteiger partial charge on any atom is 0.256 e. The third-order valence-corrected chi connectivity index (χ3v) is 4.36. The summed E-state index contributed by atoms with van der Waals surface area (Å²) in [6, 6.07) is 9.35. The minimum atomic E-state index is -0.152. The lowest BCUT2D eigenvalue weighted by atomic mass is 10.1. The Labute approximate surface area is 140 Å². The van der Waals surface area contributed by atoms with Gasteiger partial charge in [-0.3, -0.25) is 4.79 Å². The summed E-state index contributed by atoms with van der Waals surface area (Å²) in [5.74, 6) is -0.152. The first-order valence-electron chi connectivity index (χ1n) is 5.95. The van der Waals surface area contributed by atoms with E-state index in [0.29, 0.717) is 5.56 Å². The zero-order chi connectivity index (χ0) is 14.9. The van der Waals surface area contributed by atoms with Crippen molar-refractivity contribution < 1.29 is 4.79 Å². The smallest absolute Gasteiger partial charge is 0.256 e. The van der Waals surface area contributed by atoms with Crippen LogP contribution < -0.4 is 5.32 Å². The van der Waals surface area contributed by atoms with Crippen LogP contribution in [0.1, 0.15) is 21.5 Å². The lowest BCUT2D eigenvalue weighted by Gasteiger charge is -2.13. The molecule has 0 spiro atoms. The molecule has 2 aromatic rings. The van der Waals surface area contributed by atoms with Gasteiger partial charge in [0.1, 0.15) is 0 Å². The van der Waals surface area contributed by atoms with E-state index >= 15 is 0 Å². The van der Waals surface area contributed by atoms with Gasteiger partial charge in [0.05, 0.1) is 5.56 Å². The van der Waals surface area contributed by atoms with Gasteiger partial charge in [0.2, 0.25) is 0 Å². The Morgan fingerprint density at radius 2 is 1.70 bits per heavy atom. The van der Waals surface area contributed by atoms with Crippen molar-refractivity contribution >= 4 is 56.1 Å². The fourth-order valence-corrected chi connectivity index (χ4v) is 3.29. The SMILES string of the molecule is Cc1cc(Br)cc(C)c1NC(=O)c1cc(S)ccc1Br. The van der Waals surface area contributed by atoms with Crippen molar-refractivity contribution in [3.63, 3.8) is 0 Å². The Balaban J connectivity index is 2.35. The van der Waals surface area contributed by atoms with E-state index in [1.807, 2.05) is 38.1 Å². The molecular formula is C15H13Br2NOS. The van der Waals surface area contributed by atoms with E-state index in [1.54, 1.807) is 6.07 Å². The van der Waals surface area contributed by atoms with Crippen LogP contribution in [0, 0.1) is 13.8 Å². The fourth-order valence-electron chi connectivity index (χ4n) is 1.98. The molecule has 104 valence electrons. The van der Waals surface area contributed by atoms with E-state index in [1.165, 1.54) is 0 Å².